The van der Waals surface area contributed by atoms with E-state index in [1.165, 1.54) is 5.56 Å². The summed E-state index contributed by atoms with van der Waals surface area (Å²) in [6.45, 7) is 4.11. The van der Waals surface area contributed by atoms with Crippen LogP contribution in [0.3, 0.4) is 0 Å². The molecule has 0 saturated heterocycles. The van der Waals surface area contributed by atoms with Gasteiger partial charge < -0.3 is 15.8 Å². The van der Waals surface area contributed by atoms with Gasteiger partial charge in [-0.1, -0.05) is 17.7 Å². The molecule has 0 radical (unpaired) electrons. The lowest BCUT2D eigenvalue weighted by atomic mass is 10.1. The van der Waals surface area contributed by atoms with Crippen LogP contribution in [0.2, 0.25) is 0 Å². The predicted octanol–water partition coefficient (Wildman–Crippen LogP) is 3.03. The molecule has 0 fully saturated rings. The van der Waals surface area contributed by atoms with Crippen molar-refractivity contribution < 1.29 is 4.74 Å². The summed E-state index contributed by atoms with van der Waals surface area (Å²) < 4.78 is 5.09. The first kappa shape index (κ1) is 12.2. The first-order chi connectivity index (χ1) is 8.60. The topological polar surface area (TPSA) is 60.2 Å². The van der Waals surface area contributed by atoms with Gasteiger partial charge in [0.15, 0.2) is 5.82 Å². The van der Waals surface area contributed by atoms with E-state index in [-0.39, 0.29) is 0 Å². The van der Waals surface area contributed by atoms with Crippen molar-refractivity contribution in [2.75, 3.05) is 18.2 Å². The Balaban J connectivity index is 2.33. The van der Waals surface area contributed by atoms with E-state index < -0.39 is 0 Å². The van der Waals surface area contributed by atoms with Crippen molar-refractivity contribution in [3.63, 3.8) is 0 Å². The van der Waals surface area contributed by atoms with Crippen LogP contribution in [0.5, 0.6) is 5.88 Å². The summed E-state index contributed by atoms with van der Waals surface area (Å²) in [6.07, 6.45) is 0. The van der Waals surface area contributed by atoms with E-state index in [1.807, 2.05) is 19.1 Å². The molecule has 0 bridgehead atoms. The van der Waals surface area contributed by atoms with E-state index >= 15 is 0 Å². The summed E-state index contributed by atoms with van der Waals surface area (Å²) in [6, 6.07) is 9.69. The van der Waals surface area contributed by atoms with E-state index in [4.69, 9.17) is 10.5 Å². The van der Waals surface area contributed by atoms with Crippen molar-refractivity contribution in [1.29, 1.82) is 0 Å². The maximum atomic E-state index is 5.89. The molecule has 4 heteroatoms. The average molecular weight is 243 g/mol. The monoisotopic (exact) mass is 243 g/mol. The van der Waals surface area contributed by atoms with Crippen molar-refractivity contribution in [2.24, 2.45) is 0 Å². The zero-order valence-corrected chi connectivity index (χ0v) is 10.8. The molecule has 0 amide bonds. The Labute approximate surface area is 107 Å². The van der Waals surface area contributed by atoms with E-state index in [2.05, 4.69) is 23.3 Å². The van der Waals surface area contributed by atoms with Gasteiger partial charge in [-0.05, 0) is 31.5 Å². The molecule has 0 spiro atoms. The summed E-state index contributed by atoms with van der Waals surface area (Å²) in [5, 5.41) is 3.23. The number of nitrogens with two attached hydrogens (primary N) is 1. The molecule has 18 heavy (non-hydrogen) atoms. The van der Waals surface area contributed by atoms with E-state index in [0.29, 0.717) is 17.4 Å². The van der Waals surface area contributed by atoms with Gasteiger partial charge in [0.2, 0.25) is 5.88 Å². The van der Waals surface area contributed by atoms with Crippen molar-refractivity contribution in [2.45, 2.75) is 13.8 Å². The molecule has 0 unspecified atom stereocenters. The highest BCUT2D eigenvalue weighted by Crippen LogP contribution is 2.25. The number of anilines is 3. The normalized spacial score (nSPS) is 10.2. The van der Waals surface area contributed by atoms with Crippen LogP contribution >= 0.6 is 0 Å². The second-order valence-corrected chi connectivity index (χ2v) is 4.23. The molecule has 1 aromatic heterocycles. The number of nitrogens with zero attached hydrogens (tertiary/aromatic N) is 1. The van der Waals surface area contributed by atoms with Crippen LogP contribution < -0.4 is 15.8 Å². The number of hydrogen-bond acceptors (Lipinski definition) is 4. The highest BCUT2D eigenvalue weighted by molar-refractivity contribution is 5.70. The van der Waals surface area contributed by atoms with Crippen molar-refractivity contribution in [3.8, 4) is 5.88 Å². The molecule has 0 atom stereocenters. The number of pyridine rings is 1. The minimum atomic E-state index is 0.538. The van der Waals surface area contributed by atoms with Gasteiger partial charge in [0.05, 0.1) is 12.8 Å². The van der Waals surface area contributed by atoms with Gasteiger partial charge in [0.25, 0.3) is 0 Å². The van der Waals surface area contributed by atoms with Crippen LogP contribution in [-0.2, 0) is 0 Å². The Morgan fingerprint density at radius 3 is 2.61 bits per heavy atom. The number of aromatic nitrogens is 1. The van der Waals surface area contributed by atoms with Crippen LogP contribution in [0, 0.1) is 13.8 Å². The lowest BCUT2D eigenvalue weighted by Crippen LogP contribution is -2.01. The third-order valence-corrected chi connectivity index (χ3v) is 2.75. The van der Waals surface area contributed by atoms with Gasteiger partial charge in [-0.15, -0.1) is 0 Å². The highest BCUT2D eigenvalue weighted by atomic mass is 16.5. The van der Waals surface area contributed by atoms with Gasteiger partial charge in [0.1, 0.15) is 0 Å². The van der Waals surface area contributed by atoms with E-state index in [1.54, 1.807) is 19.2 Å². The minimum Gasteiger partial charge on any atom is -0.481 e. The summed E-state index contributed by atoms with van der Waals surface area (Å²) >= 11 is 0. The van der Waals surface area contributed by atoms with Crippen molar-refractivity contribution >= 4 is 17.2 Å². The van der Waals surface area contributed by atoms with Gasteiger partial charge in [-0.25, -0.2) is 0 Å². The number of rotatable bonds is 3. The van der Waals surface area contributed by atoms with Crippen LogP contribution in [0.25, 0.3) is 0 Å². The molecular weight excluding hydrogens is 226 g/mol. The molecule has 0 aliphatic rings. The number of methoxy groups -OCH3 is 1. The fourth-order valence-electron chi connectivity index (χ4n) is 1.75. The fourth-order valence-corrected chi connectivity index (χ4v) is 1.75. The van der Waals surface area contributed by atoms with E-state index in [0.717, 1.165) is 11.3 Å². The van der Waals surface area contributed by atoms with Gasteiger partial charge in [-0.2, -0.15) is 4.98 Å². The lowest BCUT2D eigenvalue weighted by Gasteiger charge is -2.12. The fraction of sp³-hybridized carbons (Fsp3) is 0.214. The molecule has 3 N–H and O–H groups in total. The van der Waals surface area contributed by atoms with Crippen molar-refractivity contribution in [3.05, 3.63) is 41.5 Å². The maximum absolute atomic E-state index is 5.89. The number of ether oxygens (including phenoxy) is 1. The molecule has 0 aliphatic carbocycles. The third-order valence-electron chi connectivity index (χ3n) is 2.75. The largest absolute Gasteiger partial charge is 0.481 e. The molecule has 1 heterocycles. The quantitative estimate of drug-likeness (QED) is 0.869. The molecule has 1 aromatic carbocycles. The zero-order chi connectivity index (χ0) is 13.1. The highest BCUT2D eigenvalue weighted by Gasteiger charge is 2.05. The third kappa shape index (κ3) is 2.53. The Hall–Kier alpha value is -2.23. The first-order valence-corrected chi connectivity index (χ1v) is 5.75. The Kier molecular flexibility index (Phi) is 3.37. The second kappa shape index (κ2) is 4.96. The van der Waals surface area contributed by atoms with Gasteiger partial charge in [0, 0.05) is 11.8 Å². The lowest BCUT2D eigenvalue weighted by molar-refractivity contribution is 0.398. The Bertz CT molecular complexity index is 567. The smallest absolute Gasteiger partial charge is 0.215 e. The molecule has 4 nitrogen and oxygen atoms in total. The minimum absolute atomic E-state index is 0.538. The number of hydrogen-bond donors (Lipinski definition) is 2. The first-order valence-electron chi connectivity index (χ1n) is 5.75. The van der Waals surface area contributed by atoms with Crippen molar-refractivity contribution in [1.82, 2.24) is 4.98 Å². The van der Waals surface area contributed by atoms with Gasteiger partial charge >= 0.3 is 0 Å². The molecular formula is C14H17N3O. The molecule has 2 rings (SSSR count). The molecule has 0 aliphatic heterocycles. The Morgan fingerprint density at radius 1 is 1.17 bits per heavy atom. The van der Waals surface area contributed by atoms with Crippen LogP contribution in [0.1, 0.15) is 11.1 Å². The standard InChI is InChI=1S/C14H17N3O/c1-9-4-6-12(10(2)8-9)16-14-11(15)5-7-13(17-14)18-3/h4-8H,15H2,1-3H3,(H,16,17). The number of aryl methyl sites for hydroxylation is 2. The van der Waals surface area contributed by atoms with Crippen LogP contribution in [0.15, 0.2) is 30.3 Å². The number of nitrogens with one attached hydrogen (secondary N) is 1. The SMILES string of the molecule is COc1ccc(N)c(Nc2ccc(C)cc2C)n1. The maximum Gasteiger partial charge on any atom is 0.215 e. The second-order valence-electron chi connectivity index (χ2n) is 4.23. The number of nitrogen functional groups attached to an aromatic ring is 1. The summed E-state index contributed by atoms with van der Waals surface area (Å²) in [5.74, 6) is 1.15. The summed E-state index contributed by atoms with van der Waals surface area (Å²) in [7, 11) is 1.58. The summed E-state index contributed by atoms with van der Waals surface area (Å²) in [5.41, 5.74) is 9.86. The van der Waals surface area contributed by atoms with Gasteiger partial charge in [-0.3, -0.25) is 0 Å². The molecule has 0 saturated carbocycles. The zero-order valence-electron chi connectivity index (χ0n) is 10.8. The number of benzene rings is 1. The predicted molar refractivity (Wildman–Crippen MR) is 74.4 cm³/mol. The molecule has 94 valence electrons. The van der Waals surface area contributed by atoms with Crippen LogP contribution in [-0.4, -0.2) is 12.1 Å². The average Bonchev–Trinajstić information content (AvgIpc) is 2.35. The van der Waals surface area contributed by atoms with Crippen LogP contribution in [0.4, 0.5) is 17.2 Å². The molecule has 2 aromatic rings. The van der Waals surface area contributed by atoms with E-state index in [9.17, 15) is 0 Å². The Morgan fingerprint density at radius 2 is 1.94 bits per heavy atom. The summed E-state index contributed by atoms with van der Waals surface area (Å²) in [4.78, 5) is 4.29.